The van der Waals surface area contributed by atoms with Crippen molar-refractivity contribution in [3.05, 3.63) is 94.8 Å². The number of hydrogen-bond donors (Lipinski definition) is 0. The van der Waals surface area contributed by atoms with Gasteiger partial charge in [0.15, 0.2) is 5.78 Å². The number of benzene rings is 2. The fourth-order valence-corrected chi connectivity index (χ4v) is 2.70. The van der Waals surface area contributed by atoms with E-state index in [1.807, 2.05) is 36.4 Å². The van der Waals surface area contributed by atoms with E-state index in [9.17, 15) is 4.79 Å². The second kappa shape index (κ2) is 9.01. The zero-order valence-electron chi connectivity index (χ0n) is 14.8. The van der Waals surface area contributed by atoms with Gasteiger partial charge in [-0.3, -0.25) is 9.78 Å². The number of methoxy groups -OCH3 is 1. The van der Waals surface area contributed by atoms with Gasteiger partial charge >= 0.3 is 0 Å². The Morgan fingerprint density at radius 1 is 1.11 bits per heavy atom. The number of allylic oxidation sites excluding steroid dienone is 1. The van der Waals surface area contributed by atoms with Crippen molar-refractivity contribution >= 4 is 23.5 Å². The van der Waals surface area contributed by atoms with E-state index in [2.05, 4.69) is 4.98 Å². The zero-order chi connectivity index (χ0) is 19.1. The summed E-state index contributed by atoms with van der Waals surface area (Å²) < 4.78 is 11.2. The molecule has 0 atom stereocenters. The molecule has 1 heterocycles. The first-order valence-electron chi connectivity index (χ1n) is 8.34. The number of ether oxygens (including phenoxy) is 2. The van der Waals surface area contributed by atoms with Crippen LogP contribution in [0.2, 0.25) is 5.02 Å². The Bertz CT molecular complexity index is 955. The summed E-state index contributed by atoms with van der Waals surface area (Å²) in [4.78, 5) is 16.1. The van der Waals surface area contributed by atoms with Crippen molar-refractivity contribution < 1.29 is 14.3 Å². The maximum Gasteiger partial charge on any atom is 0.187 e. The Labute approximate surface area is 163 Å². The van der Waals surface area contributed by atoms with Crippen LogP contribution in [0.25, 0.3) is 6.08 Å². The normalized spacial score (nSPS) is 10.7. The molecule has 27 heavy (non-hydrogen) atoms. The first-order chi connectivity index (χ1) is 13.2. The highest BCUT2D eigenvalue weighted by Crippen LogP contribution is 2.27. The Morgan fingerprint density at radius 2 is 1.96 bits per heavy atom. The van der Waals surface area contributed by atoms with E-state index in [0.29, 0.717) is 28.7 Å². The molecule has 0 spiro atoms. The summed E-state index contributed by atoms with van der Waals surface area (Å²) >= 11 is 6.13. The summed E-state index contributed by atoms with van der Waals surface area (Å²) in [5.74, 6) is 1.21. The molecule has 2 aromatic carbocycles. The molecule has 0 bridgehead atoms. The van der Waals surface area contributed by atoms with Crippen LogP contribution in [0.15, 0.2) is 73.1 Å². The van der Waals surface area contributed by atoms with Crippen LogP contribution in [-0.2, 0) is 6.61 Å². The van der Waals surface area contributed by atoms with Crippen LogP contribution in [-0.4, -0.2) is 17.9 Å². The second-order valence-corrected chi connectivity index (χ2v) is 6.14. The van der Waals surface area contributed by atoms with Gasteiger partial charge in [-0.15, -0.1) is 0 Å². The molecule has 0 fully saturated rings. The highest BCUT2D eigenvalue weighted by Gasteiger charge is 2.07. The molecule has 0 radical (unpaired) electrons. The number of carbonyl (C=O) groups is 1. The van der Waals surface area contributed by atoms with E-state index in [1.165, 1.54) is 6.08 Å². The fraction of sp³-hybridized carbons (Fsp3) is 0.0909. The smallest absolute Gasteiger partial charge is 0.187 e. The topological polar surface area (TPSA) is 48.4 Å². The molecule has 0 aliphatic carbocycles. The van der Waals surface area contributed by atoms with Gasteiger partial charge in [-0.1, -0.05) is 35.9 Å². The number of carbonyl (C=O) groups excluding carboxylic acids is 1. The molecule has 3 rings (SSSR count). The average molecular weight is 380 g/mol. The van der Waals surface area contributed by atoms with Crippen LogP contribution in [0.3, 0.4) is 0 Å². The number of para-hydroxylation sites is 1. The van der Waals surface area contributed by atoms with Gasteiger partial charge in [0.25, 0.3) is 0 Å². The molecule has 0 saturated heterocycles. The van der Waals surface area contributed by atoms with Crippen LogP contribution in [0.5, 0.6) is 11.5 Å². The van der Waals surface area contributed by atoms with Crippen LogP contribution in [0, 0.1) is 0 Å². The minimum Gasteiger partial charge on any atom is -0.496 e. The summed E-state index contributed by atoms with van der Waals surface area (Å²) in [7, 11) is 1.61. The molecule has 0 amide bonds. The van der Waals surface area contributed by atoms with E-state index in [4.69, 9.17) is 21.1 Å². The van der Waals surface area contributed by atoms with Gasteiger partial charge < -0.3 is 9.47 Å². The zero-order valence-corrected chi connectivity index (χ0v) is 15.5. The summed E-state index contributed by atoms with van der Waals surface area (Å²) in [6.07, 6.45) is 6.46. The van der Waals surface area contributed by atoms with E-state index in [0.717, 1.165) is 11.1 Å². The number of pyridine rings is 1. The Morgan fingerprint density at radius 3 is 2.70 bits per heavy atom. The largest absolute Gasteiger partial charge is 0.496 e. The van der Waals surface area contributed by atoms with Gasteiger partial charge in [0.05, 0.1) is 12.1 Å². The second-order valence-electron chi connectivity index (χ2n) is 5.73. The lowest BCUT2D eigenvalue weighted by molar-refractivity contribution is 0.104. The van der Waals surface area contributed by atoms with Gasteiger partial charge in [-0.25, -0.2) is 0 Å². The quantitative estimate of drug-likeness (QED) is 0.417. The van der Waals surface area contributed by atoms with E-state index in [-0.39, 0.29) is 5.78 Å². The fourth-order valence-electron chi connectivity index (χ4n) is 2.51. The lowest BCUT2D eigenvalue weighted by atomic mass is 10.1. The third-order valence-corrected chi connectivity index (χ3v) is 4.21. The number of ketones is 1. The molecule has 1 aromatic heterocycles. The molecule has 3 aromatic rings. The summed E-state index contributed by atoms with van der Waals surface area (Å²) in [5, 5.41) is 0.551. The first-order valence-corrected chi connectivity index (χ1v) is 8.72. The minimum absolute atomic E-state index is 0.104. The third-order valence-electron chi connectivity index (χ3n) is 3.90. The lowest BCUT2D eigenvalue weighted by Gasteiger charge is -2.12. The standard InChI is InChI=1S/C22H18ClNO3/c1-26-21-11-9-16(8-10-20(25)17-5-4-12-24-14-17)13-18(21)15-27-22-7-3-2-6-19(22)23/h2-14H,15H2,1H3/b10-8+. The van der Waals surface area contributed by atoms with Crippen LogP contribution in [0.4, 0.5) is 0 Å². The van der Waals surface area contributed by atoms with E-state index < -0.39 is 0 Å². The van der Waals surface area contributed by atoms with Crippen molar-refractivity contribution in [3.63, 3.8) is 0 Å². The molecule has 0 aliphatic rings. The van der Waals surface area contributed by atoms with Crippen LogP contribution < -0.4 is 9.47 Å². The minimum atomic E-state index is -0.104. The molecule has 136 valence electrons. The first kappa shape index (κ1) is 18.7. The number of halogens is 1. The maximum atomic E-state index is 12.2. The van der Waals surface area contributed by atoms with Crippen LogP contribution in [0.1, 0.15) is 21.5 Å². The molecule has 0 unspecified atom stereocenters. The predicted octanol–water partition coefficient (Wildman–Crippen LogP) is 5.22. The predicted molar refractivity (Wildman–Crippen MR) is 106 cm³/mol. The SMILES string of the molecule is COc1ccc(/C=C/C(=O)c2cccnc2)cc1COc1ccccc1Cl. The van der Waals surface area contributed by atoms with Gasteiger partial charge in [0.2, 0.25) is 0 Å². The van der Waals surface area contributed by atoms with Crippen molar-refractivity contribution in [1.82, 2.24) is 4.98 Å². The Balaban J connectivity index is 1.76. The highest BCUT2D eigenvalue weighted by atomic mass is 35.5. The molecule has 5 heteroatoms. The summed E-state index contributed by atoms with van der Waals surface area (Å²) in [5.41, 5.74) is 2.27. The summed E-state index contributed by atoms with van der Waals surface area (Å²) in [6, 6.07) is 16.4. The highest BCUT2D eigenvalue weighted by molar-refractivity contribution is 6.32. The Hall–Kier alpha value is -3.11. The molecule has 4 nitrogen and oxygen atoms in total. The van der Waals surface area contributed by atoms with Gasteiger partial charge in [0.1, 0.15) is 18.1 Å². The van der Waals surface area contributed by atoms with E-state index >= 15 is 0 Å². The lowest BCUT2D eigenvalue weighted by Crippen LogP contribution is -2.00. The number of nitrogens with zero attached hydrogens (tertiary/aromatic N) is 1. The molecular weight excluding hydrogens is 362 g/mol. The maximum absolute atomic E-state index is 12.2. The molecular formula is C22H18ClNO3. The van der Waals surface area contributed by atoms with Gasteiger partial charge in [0, 0.05) is 23.5 Å². The van der Waals surface area contributed by atoms with Gasteiger partial charge in [-0.05, 0) is 48.0 Å². The molecule has 0 N–H and O–H groups in total. The van der Waals surface area contributed by atoms with E-state index in [1.54, 1.807) is 43.8 Å². The van der Waals surface area contributed by atoms with Crippen LogP contribution >= 0.6 is 11.6 Å². The van der Waals surface area contributed by atoms with Crippen molar-refractivity contribution in [2.45, 2.75) is 6.61 Å². The van der Waals surface area contributed by atoms with Gasteiger partial charge in [-0.2, -0.15) is 0 Å². The monoisotopic (exact) mass is 379 g/mol. The summed E-state index contributed by atoms with van der Waals surface area (Å²) in [6.45, 7) is 0.297. The van der Waals surface area contributed by atoms with Crippen molar-refractivity contribution in [2.75, 3.05) is 7.11 Å². The van der Waals surface area contributed by atoms with Crippen molar-refractivity contribution in [1.29, 1.82) is 0 Å². The molecule has 0 aliphatic heterocycles. The number of rotatable bonds is 7. The number of hydrogen-bond acceptors (Lipinski definition) is 4. The average Bonchev–Trinajstić information content (AvgIpc) is 2.72. The third kappa shape index (κ3) is 4.96. The molecule has 0 saturated carbocycles. The number of aromatic nitrogens is 1. The Kier molecular flexibility index (Phi) is 6.23. The van der Waals surface area contributed by atoms with Crippen molar-refractivity contribution in [3.8, 4) is 11.5 Å². The van der Waals surface area contributed by atoms with Crippen molar-refractivity contribution in [2.24, 2.45) is 0 Å².